The highest BCUT2D eigenvalue weighted by molar-refractivity contribution is 9.10. The molecule has 3 rings (SSSR count). The molecule has 1 saturated heterocycles. The van der Waals surface area contributed by atoms with Crippen LogP contribution in [0.15, 0.2) is 22.9 Å². The molecule has 0 aromatic carbocycles. The van der Waals surface area contributed by atoms with Gasteiger partial charge in [0.15, 0.2) is 0 Å². The molecule has 0 amide bonds. The third-order valence-corrected chi connectivity index (χ3v) is 5.64. The van der Waals surface area contributed by atoms with Gasteiger partial charge in [0.1, 0.15) is 11.2 Å². The van der Waals surface area contributed by atoms with E-state index in [4.69, 9.17) is 9.84 Å². The molecule has 0 atom stereocenters. The van der Waals surface area contributed by atoms with Crippen molar-refractivity contribution in [2.45, 2.75) is 37.7 Å². The topological polar surface area (TPSA) is 71.5 Å². The van der Waals surface area contributed by atoms with E-state index in [1.54, 1.807) is 6.20 Å². The number of halogens is 1. The first-order valence-electron chi connectivity index (χ1n) is 7.72. The van der Waals surface area contributed by atoms with Crippen LogP contribution >= 0.6 is 15.9 Å². The summed E-state index contributed by atoms with van der Waals surface area (Å²) in [6.45, 7) is 1.89. The molecule has 1 aromatic heterocycles. The van der Waals surface area contributed by atoms with E-state index in [-0.39, 0.29) is 6.61 Å². The molecule has 1 saturated carbocycles. The number of pyridine rings is 1. The number of hydrogen-bond donors (Lipinski definition) is 2. The Hall–Kier alpha value is -0.980. The lowest BCUT2D eigenvalue weighted by molar-refractivity contribution is -0.156. The molecule has 0 bridgehead atoms. The smallest absolute Gasteiger partial charge is 0.329 e. The first-order valence-corrected chi connectivity index (χ1v) is 8.52. The van der Waals surface area contributed by atoms with E-state index in [2.05, 4.69) is 26.2 Å². The lowest BCUT2D eigenvalue weighted by atomic mass is 9.66. The largest absolute Gasteiger partial charge is 0.480 e. The molecule has 0 radical (unpaired) electrons. The molecule has 1 spiro atoms. The second kappa shape index (κ2) is 6.26. The third kappa shape index (κ3) is 3.19. The summed E-state index contributed by atoms with van der Waals surface area (Å²) < 4.78 is 6.66. The minimum Gasteiger partial charge on any atom is -0.480 e. The lowest BCUT2D eigenvalue weighted by Crippen LogP contribution is -2.41. The van der Waals surface area contributed by atoms with Crippen LogP contribution in [0, 0.1) is 5.41 Å². The van der Waals surface area contributed by atoms with E-state index in [9.17, 15) is 4.79 Å². The van der Waals surface area contributed by atoms with Crippen molar-refractivity contribution < 1.29 is 14.6 Å². The molecule has 22 heavy (non-hydrogen) atoms. The van der Waals surface area contributed by atoms with E-state index < -0.39 is 11.6 Å². The van der Waals surface area contributed by atoms with E-state index in [1.807, 2.05) is 12.1 Å². The van der Waals surface area contributed by atoms with Gasteiger partial charge >= 0.3 is 5.97 Å². The Balaban J connectivity index is 1.81. The second-order valence-corrected chi connectivity index (χ2v) is 7.29. The Labute approximate surface area is 138 Å². The monoisotopic (exact) mass is 368 g/mol. The van der Waals surface area contributed by atoms with Crippen LogP contribution in [-0.2, 0) is 15.1 Å². The SMILES string of the molecule is O=C(O)COC1(c2ccc(Br)nc2)CCC2(CCNC2)CC1. The first-order chi connectivity index (χ1) is 10.5. The Bertz CT molecular complexity index is 531. The van der Waals surface area contributed by atoms with Crippen molar-refractivity contribution in [3.63, 3.8) is 0 Å². The summed E-state index contributed by atoms with van der Waals surface area (Å²) >= 11 is 3.34. The number of aliphatic carboxylic acids is 1. The zero-order valence-electron chi connectivity index (χ0n) is 12.5. The third-order valence-electron chi connectivity index (χ3n) is 5.18. The van der Waals surface area contributed by atoms with Gasteiger partial charge in [-0.15, -0.1) is 0 Å². The maximum absolute atomic E-state index is 11.0. The zero-order valence-corrected chi connectivity index (χ0v) is 14.1. The van der Waals surface area contributed by atoms with Crippen LogP contribution in [0.3, 0.4) is 0 Å². The van der Waals surface area contributed by atoms with Gasteiger partial charge in [-0.1, -0.05) is 6.07 Å². The fourth-order valence-electron chi connectivity index (χ4n) is 3.77. The van der Waals surface area contributed by atoms with Gasteiger partial charge in [0.25, 0.3) is 0 Å². The average molecular weight is 369 g/mol. The van der Waals surface area contributed by atoms with Gasteiger partial charge in [-0.05, 0) is 66.1 Å². The van der Waals surface area contributed by atoms with Crippen molar-refractivity contribution in [3.05, 3.63) is 28.5 Å². The number of carbonyl (C=O) groups is 1. The van der Waals surface area contributed by atoms with Crippen molar-refractivity contribution in [1.82, 2.24) is 10.3 Å². The van der Waals surface area contributed by atoms with Crippen LogP contribution in [0.2, 0.25) is 0 Å². The number of hydrogen-bond acceptors (Lipinski definition) is 4. The van der Waals surface area contributed by atoms with Gasteiger partial charge in [0, 0.05) is 18.3 Å². The Kier molecular flexibility index (Phi) is 4.52. The van der Waals surface area contributed by atoms with E-state index >= 15 is 0 Å². The van der Waals surface area contributed by atoms with Gasteiger partial charge in [0.2, 0.25) is 0 Å². The van der Waals surface area contributed by atoms with E-state index in [0.29, 0.717) is 5.41 Å². The van der Waals surface area contributed by atoms with Gasteiger partial charge in [-0.25, -0.2) is 9.78 Å². The summed E-state index contributed by atoms with van der Waals surface area (Å²) in [7, 11) is 0. The molecule has 1 aromatic rings. The molecule has 1 aliphatic heterocycles. The number of aromatic nitrogens is 1. The number of carboxylic acids is 1. The average Bonchev–Trinajstić information content (AvgIpc) is 2.97. The van der Waals surface area contributed by atoms with Crippen LogP contribution < -0.4 is 5.32 Å². The van der Waals surface area contributed by atoms with Gasteiger partial charge < -0.3 is 15.2 Å². The Morgan fingerprint density at radius 1 is 1.32 bits per heavy atom. The summed E-state index contributed by atoms with van der Waals surface area (Å²) in [5.74, 6) is -0.924. The first kappa shape index (κ1) is 15.9. The Morgan fingerprint density at radius 2 is 2.09 bits per heavy atom. The number of ether oxygens (including phenoxy) is 1. The minimum atomic E-state index is -0.924. The van der Waals surface area contributed by atoms with Gasteiger partial charge in [0.05, 0.1) is 5.60 Å². The maximum atomic E-state index is 11.0. The molecule has 1 aliphatic carbocycles. The summed E-state index contributed by atoms with van der Waals surface area (Å²) in [6.07, 6.45) is 6.85. The molecule has 2 fully saturated rings. The number of carboxylic acid groups (broad SMARTS) is 1. The van der Waals surface area contributed by atoms with Crippen LogP contribution in [0.25, 0.3) is 0 Å². The molecule has 6 heteroatoms. The number of rotatable bonds is 4. The highest BCUT2D eigenvalue weighted by Crippen LogP contribution is 2.50. The number of nitrogens with one attached hydrogen (secondary N) is 1. The molecule has 2 N–H and O–H groups in total. The van der Waals surface area contributed by atoms with Crippen LogP contribution in [-0.4, -0.2) is 35.8 Å². The van der Waals surface area contributed by atoms with Crippen LogP contribution in [0.4, 0.5) is 0 Å². The van der Waals surface area contributed by atoms with E-state index in [1.165, 1.54) is 6.42 Å². The quantitative estimate of drug-likeness (QED) is 0.799. The molecule has 0 unspecified atom stereocenters. The zero-order chi connectivity index (χ0) is 15.6. The predicted octanol–water partition coefficient (Wildman–Crippen LogP) is 2.69. The highest BCUT2D eigenvalue weighted by Gasteiger charge is 2.46. The maximum Gasteiger partial charge on any atom is 0.329 e. The molecular formula is C16H21BrN2O3. The highest BCUT2D eigenvalue weighted by atomic mass is 79.9. The predicted molar refractivity (Wildman–Crippen MR) is 85.6 cm³/mol. The van der Waals surface area contributed by atoms with Gasteiger partial charge in [-0.2, -0.15) is 0 Å². The summed E-state index contributed by atoms with van der Waals surface area (Å²) in [5, 5.41) is 12.5. The van der Waals surface area contributed by atoms with Crippen molar-refractivity contribution in [2.75, 3.05) is 19.7 Å². The van der Waals surface area contributed by atoms with Crippen LogP contribution in [0.5, 0.6) is 0 Å². The van der Waals surface area contributed by atoms with Crippen molar-refractivity contribution >= 4 is 21.9 Å². The van der Waals surface area contributed by atoms with Crippen molar-refractivity contribution in [2.24, 2.45) is 5.41 Å². The molecule has 2 heterocycles. The standard InChI is InChI=1S/C16H21BrN2O3/c17-13-2-1-12(9-19-13)16(22-10-14(20)21)5-3-15(4-6-16)7-8-18-11-15/h1-2,9,18H,3-8,10-11H2,(H,20,21). The summed E-state index contributed by atoms with van der Waals surface area (Å²) in [5.41, 5.74) is 0.844. The van der Waals surface area contributed by atoms with Crippen molar-refractivity contribution in [1.29, 1.82) is 0 Å². The minimum absolute atomic E-state index is 0.263. The number of nitrogens with zero attached hydrogens (tertiary/aromatic N) is 1. The fourth-order valence-corrected chi connectivity index (χ4v) is 4.00. The Morgan fingerprint density at radius 3 is 2.64 bits per heavy atom. The fraction of sp³-hybridized carbons (Fsp3) is 0.625. The van der Waals surface area contributed by atoms with Crippen molar-refractivity contribution in [3.8, 4) is 0 Å². The molecule has 2 aliphatic rings. The molecular weight excluding hydrogens is 348 g/mol. The van der Waals surface area contributed by atoms with Crippen LogP contribution in [0.1, 0.15) is 37.7 Å². The molecule has 120 valence electrons. The second-order valence-electron chi connectivity index (χ2n) is 6.47. The van der Waals surface area contributed by atoms with Gasteiger partial charge in [-0.3, -0.25) is 0 Å². The lowest BCUT2D eigenvalue weighted by Gasteiger charge is -2.44. The summed E-state index contributed by atoms with van der Waals surface area (Å²) in [4.78, 5) is 15.3. The normalized spacial score (nSPS) is 31.5. The molecule has 5 nitrogen and oxygen atoms in total. The summed E-state index contributed by atoms with van der Waals surface area (Å²) in [6, 6.07) is 3.88. The van der Waals surface area contributed by atoms with E-state index in [0.717, 1.165) is 48.9 Å².